The third-order valence-corrected chi connectivity index (χ3v) is 10.8. The summed E-state index contributed by atoms with van der Waals surface area (Å²) in [5.41, 5.74) is 0. The van der Waals surface area contributed by atoms with Crippen LogP contribution < -0.4 is 0 Å². The number of aliphatic hydroxyl groups excluding tert-OH is 6. The zero-order chi connectivity index (χ0) is 34.5. The summed E-state index contributed by atoms with van der Waals surface area (Å²) in [4.78, 5) is 10.00. The molecule has 0 aliphatic carbocycles. The molecule has 0 radical (unpaired) electrons. The highest BCUT2D eigenvalue weighted by atomic mass is 32.5. The first-order valence-corrected chi connectivity index (χ1v) is 19.4. The summed E-state index contributed by atoms with van der Waals surface area (Å²) in [7, 11) is 0. The molecule has 0 rings (SSSR count). The van der Waals surface area contributed by atoms with E-state index in [1.165, 1.54) is 12.8 Å². The zero-order valence-corrected chi connectivity index (χ0v) is 30.5. The molecule has 0 bridgehead atoms. The van der Waals surface area contributed by atoms with Crippen LogP contribution in [0.4, 0.5) is 0 Å². The smallest absolute Gasteiger partial charge is 0.334 e. The highest BCUT2D eigenvalue weighted by Crippen LogP contribution is 2.66. The number of rotatable bonds is 21. The Labute approximate surface area is 268 Å². The monoisotopic (exact) mass is 708 g/mol. The van der Waals surface area contributed by atoms with Gasteiger partial charge in [0.1, 0.15) is 30.5 Å². The van der Waals surface area contributed by atoms with Crippen molar-refractivity contribution in [3.05, 3.63) is 0 Å². The second-order valence-electron chi connectivity index (χ2n) is 7.97. The molecule has 0 spiro atoms. The van der Waals surface area contributed by atoms with E-state index in [1.807, 2.05) is 48.5 Å². The summed E-state index contributed by atoms with van der Waals surface area (Å²) in [5, 5.41) is 53.2. The Balaban J connectivity index is -0.000000261. The van der Waals surface area contributed by atoms with Gasteiger partial charge in [0.25, 0.3) is 0 Å². The van der Waals surface area contributed by atoms with Gasteiger partial charge in [0.2, 0.25) is 0 Å². The van der Waals surface area contributed by atoms with Crippen LogP contribution in [-0.4, -0.2) is 120 Å². The number of carbonyl (C=O) groups excluding carboxylic acids is 1. The molecule has 18 heteroatoms. The molecule has 0 fully saturated rings. The lowest BCUT2D eigenvalue weighted by atomic mass is 10.0. The van der Waals surface area contributed by atoms with Crippen molar-refractivity contribution in [2.45, 2.75) is 112 Å². The van der Waals surface area contributed by atoms with Crippen molar-refractivity contribution in [1.82, 2.24) is 0 Å². The number of hydrogen-bond donors (Lipinski definition) is 6. The predicted molar refractivity (Wildman–Crippen MR) is 173 cm³/mol. The molecule has 0 heterocycles. The first-order valence-electron chi connectivity index (χ1n) is 14.3. The molecule has 0 aromatic carbocycles. The molecule has 264 valence electrons. The third kappa shape index (κ3) is 28.4. The van der Waals surface area contributed by atoms with Crippen LogP contribution in [0.3, 0.4) is 0 Å². The maximum absolute atomic E-state index is 10.00. The quantitative estimate of drug-likeness (QED) is 0.0577. The second-order valence-corrected chi connectivity index (χ2v) is 14.1. The van der Waals surface area contributed by atoms with Crippen molar-refractivity contribution in [2.24, 2.45) is 0 Å². The van der Waals surface area contributed by atoms with Crippen molar-refractivity contribution in [3.63, 3.8) is 0 Å². The Morgan fingerprint density at radius 1 is 0.628 bits per heavy atom. The number of aliphatic hydroxyl groups is 6. The van der Waals surface area contributed by atoms with E-state index in [1.54, 1.807) is 0 Å². The molecule has 0 aliphatic heterocycles. The number of ether oxygens (including phenoxy) is 2. The van der Waals surface area contributed by atoms with Crippen LogP contribution in [0.5, 0.6) is 0 Å². The van der Waals surface area contributed by atoms with Gasteiger partial charge in [0.05, 0.1) is 33.0 Å². The van der Waals surface area contributed by atoms with Gasteiger partial charge >= 0.3 is 13.4 Å². The first kappa shape index (κ1) is 50.3. The van der Waals surface area contributed by atoms with Crippen LogP contribution in [0.1, 0.15) is 75.2 Å². The van der Waals surface area contributed by atoms with Crippen LogP contribution in [0.2, 0.25) is 0 Å². The lowest BCUT2D eigenvalue weighted by molar-refractivity contribution is -0.147. The molecule has 0 aliphatic rings. The van der Waals surface area contributed by atoms with Crippen molar-refractivity contribution < 1.29 is 67.3 Å². The molecule has 6 N–H and O–H groups in total. The number of aldehydes is 1. The summed E-state index contributed by atoms with van der Waals surface area (Å²) < 4.78 is 37.0. The van der Waals surface area contributed by atoms with Gasteiger partial charge in [-0.25, -0.2) is 4.31 Å². The van der Waals surface area contributed by atoms with E-state index < -0.39 is 50.6 Å². The fraction of sp³-hybridized carbons (Fsp3) is 0.960. The molecule has 0 saturated heterocycles. The van der Waals surface area contributed by atoms with Crippen LogP contribution in [0.25, 0.3) is 0 Å². The van der Waals surface area contributed by atoms with Crippen molar-refractivity contribution in [2.75, 3.05) is 46.2 Å². The molecule has 0 saturated carbocycles. The third-order valence-electron chi connectivity index (χ3n) is 4.42. The number of hydrogen-bond acceptors (Lipinski definition) is 16. The summed E-state index contributed by atoms with van der Waals surface area (Å²) in [6, 6.07) is 0. The average Bonchev–Trinajstić information content (AvgIpc) is 2.96. The highest BCUT2D eigenvalue weighted by Gasteiger charge is 2.34. The minimum Gasteiger partial charge on any atom is -0.394 e. The zero-order valence-electron chi connectivity index (χ0n) is 27.1. The second kappa shape index (κ2) is 32.4. The van der Waals surface area contributed by atoms with Gasteiger partial charge in [-0.15, -0.1) is 0 Å². The van der Waals surface area contributed by atoms with Crippen molar-refractivity contribution in [3.8, 4) is 0 Å². The van der Waals surface area contributed by atoms with Gasteiger partial charge < -0.3 is 63.0 Å². The highest BCUT2D eigenvalue weighted by molar-refractivity contribution is 8.14. The topological polar surface area (TPSA) is 203 Å². The Morgan fingerprint density at radius 2 is 0.977 bits per heavy atom. The molecule has 0 amide bonds. The van der Waals surface area contributed by atoms with Gasteiger partial charge in [0, 0.05) is 13.2 Å². The average molecular weight is 709 g/mol. The number of carbonyl (C=O) groups is 1. The largest absolute Gasteiger partial charge is 0.394 e. The maximum atomic E-state index is 10.00. The van der Waals surface area contributed by atoms with Gasteiger partial charge in [-0.05, 0) is 72.1 Å². The van der Waals surface area contributed by atoms with Gasteiger partial charge in [0.15, 0.2) is 12.6 Å². The van der Waals surface area contributed by atoms with E-state index in [-0.39, 0.29) is 12.6 Å². The maximum Gasteiger partial charge on any atom is 0.334 e. The van der Waals surface area contributed by atoms with E-state index >= 15 is 0 Å². The lowest BCUT2D eigenvalue weighted by Crippen LogP contribution is -2.50. The fourth-order valence-corrected chi connectivity index (χ4v) is 8.63. The molecule has 0 aromatic rings. The van der Waals surface area contributed by atoms with Gasteiger partial charge in [-0.3, -0.25) is 0 Å². The standard InChI is InChI=1S/C8H20O5P2S2.C7H14O7.C6H14O2.C4H10/c1-5-9-14(16,10-6-2)13-15(17,11-7-3)12-8-4;8-1-3(10)5(12)7(14)6(13)4(11)2-9;1-4-7-6(3)8-5-2;1-3-4-2/h5-8H2,1-4H3;1,3-7,9-14H,2H2;6H,4-5H2,1-3H3;3-4H2,1-2H3/t;3-,4+,5-,6+,7+;;/m.0../s1. The SMILES string of the molecule is CCCC.CCOC(C)OCC.CCOP(=S)(OCC)OP(=S)(OCC)OCC.O=C[C@H](O)[C@H](O)[C@@H](O)[C@H](O)[C@H](O)CO. The van der Waals surface area contributed by atoms with Crippen LogP contribution in [0, 0.1) is 0 Å². The molecule has 43 heavy (non-hydrogen) atoms. The van der Waals surface area contributed by atoms with Gasteiger partial charge in [-0.2, -0.15) is 0 Å². The van der Waals surface area contributed by atoms with Crippen molar-refractivity contribution in [1.29, 1.82) is 0 Å². The normalized spacial score (nSPS) is 15.0. The molecular formula is C25H58O14P2S2. The fourth-order valence-electron chi connectivity index (χ4n) is 2.26. The Bertz CT molecular complexity index is 655. The van der Waals surface area contributed by atoms with E-state index in [0.29, 0.717) is 26.4 Å². The summed E-state index contributed by atoms with van der Waals surface area (Å²) >= 11 is 10.4. The molecule has 0 unspecified atom stereocenters. The minimum absolute atomic E-state index is 0.0219. The summed E-state index contributed by atoms with van der Waals surface area (Å²) in [6.45, 7) is 13.9. The predicted octanol–water partition coefficient (Wildman–Crippen LogP) is 2.79. The van der Waals surface area contributed by atoms with E-state index in [4.69, 9.17) is 86.1 Å². The Kier molecular flexibility index (Phi) is 37.9. The Morgan fingerprint density at radius 3 is 1.21 bits per heavy atom. The summed E-state index contributed by atoms with van der Waals surface area (Å²) in [5.74, 6) is 0. The minimum atomic E-state index is -2.87. The van der Waals surface area contributed by atoms with E-state index in [2.05, 4.69) is 13.8 Å². The molecule has 14 nitrogen and oxygen atoms in total. The first-order chi connectivity index (χ1) is 20.1. The van der Waals surface area contributed by atoms with Crippen LogP contribution in [0.15, 0.2) is 0 Å². The molecular weight excluding hydrogens is 650 g/mol. The molecule has 5 atom stereocenters. The lowest BCUT2D eigenvalue weighted by Gasteiger charge is -2.27. The van der Waals surface area contributed by atoms with Gasteiger partial charge in [-0.1, -0.05) is 26.7 Å². The van der Waals surface area contributed by atoms with E-state index in [0.717, 1.165) is 13.2 Å². The van der Waals surface area contributed by atoms with Crippen LogP contribution in [-0.2, 0) is 60.3 Å². The summed E-state index contributed by atoms with van der Waals surface area (Å²) in [6.07, 6.45) is -6.61. The molecule has 0 aromatic heterocycles. The van der Waals surface area contributed by atoms with Crippen LogP contribution >= 0.6 is 13.4 Å². The van der Waals surface area contributed by atoms with E-state index in [9.17, 15) is 4.79 Å². The van der Waals surface area contributed by atoms with Crippen molar-refractivity contribution >= 4 is 43.3 Å². The Hall–Kier alpha value is 0.450. The number of unbranched alkanes of at least 4 members (excludes halogenated alkanes) is 1.